The zero-order chi connectivity index (χ0) is 27.8. The summed E-state index contributed by atoms with van der Waals surface area (Å²) in [5, 5.41) is 12.6. The third-order valence-electron chi connectivity index (χ3n) is 7.87. The van der Waals surface area contributed by atoms with E-state index in [1.807, 2.05) is 6.08 Å². The number of nitrogens with zero attached hydrogens (tertiary/aromatic N) is 1. The highest BCUT2D eigenvalue weighted by Gasteiger charge is 2.17. The van der Waals surface area contributed by atoms with E-state index in [4.69, 9.17) is 5.41 Å². The minimum Gasteiger partial charge on any atom is -0.309 e. The van der Waals surface area contributed by atoms with E-state index in [0.29, 0.717) is 0 Å². The van der Waals surface area contributed by atoms with Crippen LogP contribution in [0.15, 0.2) is 152 Å². The quantitative estimate of drug-likeness (QED) is 0.166. The summed E-state index contributed by atoms with van der Waals surface area (Å²) in [6, 6.07) is 47.6. The Morgan fingerprint density at radius 3 is 2.00 bits per heavy atom. The van der Waals surface area contributed by atoms with Gasteiger partial charge in [0.1, 0.15) is 0 Å². The van der Waals surface area contributed by atoms with Gasteiger partial charge in [-0.05, 0) is 63.0 Å². The molecule has 0 atom stereocenters. The maximum atomic E-state index is 7.88. The Balaban J connectivity index is 1.53. The van der Waals surface area contributed by atoms with Crippen LogP contribution in [0.3, 0.4) is 0 Å². The average molecular weight is 525 g/mol. The van der Waals surface area contributed by atoms with Gasteiger partial charge in [0, 0.05) is 28.1 Å². The second kappa shape index (κ2) is 10.3. The van der Waals surface area contributed by atoms with E-state index in [2.05, 4.69) is 145 Å². The minimum atomic E-state index is 0.840. The zero-order valence-corrected chi connectivity index (χ0v) is 22.6. The van der Waals surface area contributed by atoms with Gasteiger partial charge in [0.25, 0.3) is 0 Å². The molecule has 7 aromatic rings. The summed E-state index contributed by atoms with van der Waals surface area (Å²) in [5.41, 5.74) is 10.2. The molecule has 0 aliphatic heterocycles. The Bertz CT molecular complexity index is 2110. The number of rotatable bonds is 6. The highest BCUT2D eigenvalue weighted by atomic mass is 15.0. The molecule has 2 nitrogen and oxygen atoms in total. The number of fused-ring (bicyclic) bond motifs is 5. The van der Waals surface area contributed by atoms with E-state index in [1.54, 1.807) is 6.08 Å². The van der Waals surface area contributed by atoms with Gasteiger partial charge in [-0.1, -0.05) is 128 Å². The molecule has 1 N–H and O–H groups in total. The van der Waals surface area contributed by atoms with Crippen LogP contribution in [0.25, 0.3) is 66.1 Å². The van der Waals surface area contributed by atoms with E-state index in [0.717, 1.165) is 22.2 Å². The molecular weight excluding hydrogens is 496 g/mol. The Morgan fingerprint density at radius 2 is 1.27 bits per heavy atom. The van der Waals surface area contributed by atoms with Crippen molar-refractivity contribution in [3.05, 3.63) is 158 Å². The number of aromatic nitrogens is 1. The number of benzene rings is 6. The standard InChI is InChI=1S/C39H28N2/c1-2-11-31(26-40)28-18-21-35-29(24-28)20-23-37-36-22-19-30(25-38(36)41(39(35)37)32-14-7-4-8-15-32)34-17-10-9-16-33(34)27-12-5-3-6-13-27/h2-26,40H,1H2/b31-11+,40-26?. The second-order valence-electron chi connectivity index (χ2n) is 10.2. The third kappa shape index (κ3) is 4.18. The normalized spacial score (nSPS) is 11.8. The van der Waals surface area contributed by atoms with Crippen LogP contribution in [0.4, 0.5) is 0 Å². The number of para-hydroxylation sites is 1. The summed E-state index contributed by atoms with van der Waals surface area (Å²) in [6.07, 6.45) is 4.99. The lowest BCUT2D eigenvalue weighted by Crippen LogP contribution is -1.95. The molecule has 0 saturated heterocycles. The van der Waals surface area contributed by atoms with Crippen LogP contribution in [0.2, 0.25) is 0 Å². The maximum absolute atomic E-state index is 7.88. The summed E-state index contributed by atoms with van der Waals surface area (Å²) in [6.45, 7) is 3.82. The first-order valence-electron chi connectivity index (χ1n) is 13.8. The molecule has 41 heavy (non-hydrogen) atoms. The Hall–Kier alpha value is -5.47. The van der Waals surface area contributed by atoms with Gasteiger partial charge < -0.3 is 9.98 Å². The fourth-order valence-corrected chi connectivity index (χ4v) is 5.99. The predicted octanol–water partition coefficient (Wildman–Crippen LogP) is 10.5. The molecule has 0 fully saturated rings. The predicted molar refractivity (Wildman–Crippen MR) is 176 cm³/mol. The van der Waals surface area contributed by atoms with Crippen molar-refractivity contribution < 1.29 is 0 Å². The van der Waals surface area contributed by atoms with E-state index in [-0.39, 0.29) is 0 Å². The summed E-state index contributed by atoms with van der Waals surface area (Å²) in [4.78, 5) is 0. The highest BCUT2D eigenvalue weighted by Crippen LogP contribution is 2.40. The zero-order valence-electron chi connectivity index (χ0n) is 22.6. The lowest BCUT2D eigenvalue weighted by atomic mass is 9.94. The van der Waals surface area contributed by atoms with Crippen molar-refractivity contribution in [1.29, 1.82) is 5.41 Å². The fourth-order valence-electron chi connectivity index (χ4n) is 5.99. The molecule has 0 bridgehead atoms. The van der Waals surface area contributed by atoms with Crippen LogP contribution < -0.4 is 0 Å². The van der Waals surface area contributed by atoms with Gasteiger partial charge in [-0.25, -0.2) is 0 Å². The van der Waals surface area contributed by atoms with Gasteiger partial charge in [0.15, 0.2) is 0 Å². The van der Waals surface area contributed by atoms with Crippen LogP contribution in [0, 0.1) is 5.41 Å². The number of hydrogen-bond acceptors (Lipinski definition) is 1. The van der Waals surface area contributed by atoms with Crippen molar-refractivity contribution in [1.82, 2.24) is 4.57 Å². The largest absolute Gasteiger partial charge is 0.309 e. The van der Waals surface area contributed by atoms with Gasteiger partial charge in [-0.2, -0.15) is 0 Å². The van der Waals surface area contributed by atoms with Crippen LogP contribution in [-0.2, 0) is 0 Å². The molecule has 194 valence electrons. The molecule has 2 heteroatoms. The second-order valence-corrected chi connectivity index (χ2v) is 10.2. The van der Waals surface area contributed by atoms with E-state index >= 15 is 0 Å². The molecule has 0 aliphatic rings. The van der Waals surface area contributed by atoms with Crippen molar-refractivity contribution in [2.45, 2.75) is 0 Å². The molecule has 1 heterocycles. The Kier molecular flexibility index (Phi) is 6.14. The number of allylic oxidation sites excluding steroid dienone is 3. The topological polar surface area (TPSA) is 28.8 Å². The van der Waals surface area contributed by atoms with Gasteiger partial charge in [0.2, 0.25) is 0 Å². The minimum absolute atomic E-state index is 0.840. The van der Waals surface area contributed by atoms with Crippen LogP contribution >= 0.6 is 0 Å². The van der Waals surface area contributed by atoms with Crippen molar-refractivity contribution in [3.63, 3.8) is 0 Å². The van der Waals surface area contributed by atoms with Crippen molar-refractivity contribution in [2.75, 3.05) is 0 Å². The lowest BCUT2D eigenvalue weighted by Gasteiger charge is -2.13. The fraction of sp³-hybridized carbons (Fsp3) is 0. The van der Waals surface area contributed by atoms with Crippen molar-refractivity contribution >= 4 is 44.4 Å². The summed E-state index contributed by atoms with van der Waals surface area (Å²) in [7, 11) is 0. The molecule has 0 spiro atoms. The molecule has 1 aromatic heterocycles. The monoisotopic (exact) mass is 524 g/mol. The van der Waals surface area contributed by atoms with Crippen LogP contribution in [-0.4, -0.2) is 10.8 Å². The first-order chi connectivity index (χ1) is 20.3. The molecule has 0 radical (unpaired) electrons. The number of hydrogen-bond donors (Lipinski definition) is 1. The summed E-state index contributed by atoms with van der Waals surface area (Å²) in [5.74, 6) is 0. The smallest absolute Gasteiger partial charge is 0.0619 e. The van der Waals surface area contributed by atoms with Crippen LogP contribution in [0.1, 0.15) is 5.56 Å². The van der Waals surface area contributed by atoms with Gasteiger partial charge >= 0.3 is 0 Å². The van der Waals surface area contributed by atoms with E-state index < -0.39 is 0 Å². The molecule has 0 amide bonds. The lowest BCUT2D eigenvalue weighted by molar-refractivity contribution is 1.19. The molecule has 0 unspecified atom stereocenters. The van der Waals surface area contributed by atoms with Crippen molar-refractivity contribution in [3.8, 4) is 27.9 Å². The van der Waals surface area contributed by atoms with Gasteiger partial charge in [-0.3, -0.25) is 0 Å². The van der Waals surface area contributed by atoms with Gasteiger partial charge in [-0.15, -0.1) is 0 Å². The molecule has 0 aliphatic carbocycles. The first kappa shape index (κ1) is 24.6. The average Bonchev–Trinajstić information content (AvgIpc) is 3.38. The first-order valence-corrected chi connectivity index (χ1v) is 13.8. The SMILES string of the molecule is C=C/C=C(\C=N)c1ccc2c(ccc3c4ccc(-c5ccccc5-c5ccccc5)cc4n(-c4ccccc4)c23)c1. The molecule has 0 saturated carbocycles. The van der Waals surface area contributed by atoms with Crippen molar-refractivity contribution in [2.24, 2.45) is 0 Å². The molecule has 6 aromatic carbocycles. The van der Waals surface area contributed by atoms with Crippen LogP contribution in [0.5, 0.6) is 0 Å². The molecule has 7 rings (SSSR count). The highest BCUT2D eigenvalue weighted by molar-refractivity contribution is 6.20. The third-order valence-corrected chi connectivity index (χ3v) is 7.87. The summed E-state index contributed by atoms with van der Waals surface area (Å²) < 4.78 is 2.40. The van der Waals surface area contributed by atoms with E-state index in [1.165, 1.54) is 55.7 Å². The van der Waals surface area contributed by atoms with E-state index in [9.17, 15) is 0 Å². The number of nitrogens with one attached hydrogen (secondary N) is 1. The Morgan fingerprint density at radius 1 is 0.610 bits per heavy atom. The summed E-state index contributed by atoms with van der Waals surface area (Å²) >= 11 is 0. The Labute approximate surface area is 239 Å². The maximum Gasteiger partial charge on any atom is 0.0619 e. The van der Waals surface area contributed by atoms with Gasteiger partial charge in [0.05, 0.1) is 11.0 Å². The molecular formula is C39H28N2.